The van der Waals surface area contributed by atoms with Crippen molar-refractivity contribution in [2.24, 2.45) is 5.73 Å². The first-order chi connectivity index (χ1) is 9.49. The first-order valence-corrected chi connectivity index (χ1v) is 6.63. The Hall–Kier alpha value is -1.80. The Balaban J connectivity index is 2.06. The Bertz CT molecular complexity index is 643. The largest absolute Gasteiger partial charge is 0.325 e. The Morgan fingerprint density at radius 2 is 2.30 bits per heavy atom. The molecule has 20 heavy (non-hydrogen) atoms. The van der Waals surface area contributed by atoms with Gasteiger partial charge in [-0.1, -0.05) is 5.21 Å². The zero-order chi connectivity index (χ0) is 14.7. The van der Waals surface area contributed by atoms with Crippen molar-refractivity contribution in [3.05, 3.63) is 39.9 Å². The van der Waals surface area contributed by atoms with Gasteiger partial charge < -0.3 is 11.1 Å². The number of aryl methyl sites for hydroxylation is 1. The van der Waals surface area contributed by atoms with Crippen molar-refractivity contribution in [2.45, 2.75) is 20.0 Å². The third-order valence-corrected chi connectivity index (χ3v) is 3.25. The smallest absolute Gasteiger partial charge is 0.246 e. The number of nitrogens with zero attached hydrogens (tertiary/aromatic N) is 3. The number of carbonyl (C=O) groups is 1. The summed E-state index contributed by atoms with van der Waals surface area (Å²) in [7, 11) is 0. The van der Waals surface area contributed by atoms with Crippen LogP contribution in [0.5, 0.6) is 0 Å². The molecule has 8 heteroatoms. The molecule has 0 bridgehead atoms. The Labute approximate surface area is 123 Å². The number of aromatic nitrogens is 3. The molecule has 0 spiro atoms. The van der Waals surface area contributed by atoms with E-state index < -0.39 is 5.82 Å². The van der Waals surface area contributed by atoms with Gasteiger partial charge in [-0.2, -0.15) is 0 Å². The SMILES string of the molecule is Cc1cc(Br)c(F)cc1NC(=O)Cn1cc(CN)nn1. The lowest BCUT2D eigenvalue weighted by molar-refractivity contribution is -0.116. The van der Waals surface area contributed by atoms with Gasteiger partial charge in [0.15, 0.2) is 0 Å². The monoisotopic (exact) mass is 341 g/mol. The summed E-state index contributed by atoms with van der Waals surface area (Å²) in [6.07, 6.45) is 1.59. The highest BCUT2D eigenvalue weighted by Gasteiger charge is 2.10. The minimum atomic E-state index is -0.433. The van der Waals surface area contributed by atoms with Crippen molar-refractivity contribution in [3.63, 3.8) is 0 Å². The summed E-state index contributed by atoms with van der Waals surface area (Å²) in [4.78, 5) is 11.9. The predicted molar refractivity (Wildman–Crippen MR) is 75.4 cm³/mol. The van der Waals surface area contributed by atoms with Gasteiger partial charge >= 0.3 is 0 Å². The van der Waals surface area contributed by atoms with E-state index in [1.165, 1.54) is 10.7 Å². The van der Waals surface area contributed by atoms with Crippen LogP contribution in [-0.4, -0.2) is 20.9 Å². The highest BCUT2D eigenvalue weighted by atomic mass is 79.9. The maximum absolute atomic E-state index is 13.4. The van der Waals surface area contributed by atoms with Crippen LogP contribution < -0.4 is 11.1 Å². The van der Waals surface area contributed by atoms with E-state index in [1.54, 1.807) is 19.2 Å². The molecule has 3 N–H and O–H groups in total. The van der Waals surface area contributed by atoms with E-state index in [1.807, 2.05) is 0 Å². The normalized spacial score (nSPS) is 10.6. The lowest BCUT2D eigenvalue weighted by Crippen LogP contribution is -2.19. The second kappa shape index (κ2) is 6.10. The van der Waals surface area contributed by atoms with Crippen molar-refractivity contribution in [1.82, 2.24) is 15.0 Å². The molecule has 0 saturated carbocycles. The summed E-state index contributed by atoms with van der Waals surface area (Å²) < 4.78 is 15.2. The lowest BCUT2D eigenvalue weighted by atomic mass is 10.2. The van der Waals surface area contributed by atoms with E-state index in [0.717, 1.165) is 5.56 Å². The molecule has 2 rings (SSSR count). The fraction of sp³-hybridized carbons (Fsp3) is 0.250. The maximum atomic E-state index is 13.4. The van der Waals surface area contributed by atoms with Crippen LogP contribution in [0.25, 0.3) is 0 Å². The molecule has 0 atom stereocenters. The number of carbonyl (C=O) groups excluding carboxylic acids is 1. The molecule has 0 saturated heterocycles. The summed E-state index contributed by atoms with van der Waals surface area (Å²) in [5.41, 5.74) is 7.19. The van der Waals surface area contributed by atoms with Gasteiger partial charge in [0.05, 0.1) is 16.4 Å². The van der Waals surface area contributed by atoms with Crippen molar-refractivity contribution in [2.75, 3.05) is 5.32 Å². The molecule has 0 aliphatic carbocycles. The number of hydrogen-bond acceptors (Lipinski definition) is 4. The second-order valence-electron chi connectivity index (χ2n) is 4.24. The maximum Gasteiger partial charge on any atom is 0.246 e. The molecule has 0 fully saturated rings. The summed E-state index contributed by atoms with van der Waals surface area (Å²) in [6.45, 7) is 2.03. The number of hydrogen-bond donors (Lipinski definition) is 2. The van der Waals surface area contributed by atoms with E-state index in [4.69, 9.17) is 5.73 Å². The molecule has 1 aromatic carbocycles. The minimum absolute atomic E-state index is 0.00980. The predicted octanol–water partition coefficient (Wildman–Crippen LogP) is 1.59. The van der Waals surface area contributed by atoms with Crippen molar-refractivity contribution >= 4 is 27.5 Å². The van der Waals surface area contributed by atoms with Gasteiger partial charge in [-0.3, -0.25) is 4.79 Å². The molecule has 2 aromatic rings. The first kappa shape index (κ1) is 14.6. The standard InChI is InChI=1S/C12H13BrFN5O/c1-7-2-9(13)10(14)3-11(7)16-12(20)6-19-5-8(4-15)17-18-19/h2-3,5H,4,6,15H2,1H3,(H,16,20). The Morgan fingerprint density at radius 3 is 2.95 bits per heavy atom. The van der Waals surface area contributed by atoms with Crippen LogP contribution in [0.15, 0.2) is 22.8 Å². The third-order valence-electron chi connectivity index (χ3n) is 2.64. The second-order valence-corrected chi connectivity index (χ2v) is 5.10. The molecule has 0 aliphatic heterocycles. The minimum Gasteiger partial charge on any atom is -0.325 e. The van der Waals surface area contributed by atoms with E-state index >= 15 is 0 Å². The van der Waals surface area contributed by atoms with E-state index in [-0.39, 0.29) is 19.0 Å². The van der Waals surface area contributed by atoms with Gasteiger partial charge in [0, 0.05) is 12.2 Å². The molecule has 106 valence electrons. The van der Waals surface area contributed by atoms with Gasteiger partial charge in [0.1, 0.15) is 12.4 Å². The molecule has 1 aromatic heterocycles. The van der Waals surface area contributed by atoms with Crippen molar-refractivity contribution in [1.29, 1.82) is 0 Å². The number of anilines is 1. The molecule has 0 unspecified atom stereocenters. The van der Waals surface area contributed by atoms with Gasteiger partial charge in [0.25, 0.3) is 0 Å². The van der Waals surface area contributed by atoms with Gasteiger partial charge in [0.2, 0.25) is 5.91 Å². The summed E-state index contributed by atoms with van der Waals surface area (Å²) in [6, 6.07) is 2.87. The molecule has 0 radical (unpaired) electrons. The van der Waals surface area contributed by atoms with Gasteiger partial charge in [-0.25, -0.2) is 9.07 Å². The first-order valence-electron chi connectivity index (χ1n) is 5.84. The van der Waals surface area contributed by atoms with Crippen LogP contribution in [0.4, 0.5) is 10.1 Å². The van der Waals surface area contributed by atoms with Crippen molar-refractivity contribution < 1.29 is 9.18 Å². The Morgan fingerprint density at radius 1 is 1.55 bits per heavy atom. The van der Waals surface area contributed by atoms with Crippen LogP contribution in [0.3, 0.4) is 0 Å². The average Bonchev–Trinajstić information content (AvgIpc) is 2.83. The molecular formula is C12H13BrFN5O. The fourth-order valence-electron chi connectivity index (χ4n) is 1.63. The van der Waals surface area contributed by atoms with Crippen LogP contribution in [0.2, 0.25) is 0 Å². The summed E-state index contributed by atoms with van der Waals surface area (Å²) in [5.74, 6) is -0.750. The molecule has 6 nitrogen and oxygen atoms in total. The lowest BCUT2D eigenvalue weighted by Gasteiger charge is -2.09. The topological polar surface area (TPSA) is 85.8 Å². The summed E-state index contributed by atoms with van der Waals surface area (Å²) >= 11 is 3.09. The number of benzene rings is 1. The number of rotatable bonds is 4. The van der Waals surface area contributed by atoms with Crippen molar-refractivity contribution in [3.8, 4) is 0 Å². The fourth-order valence-corrected chi connectivity index (χ4v) is 2.08. The number of amides is 1. The number of nitrogens with one attached hydrogen (secondary N) is 1. The third kappa shape index (κ3) is 3.40. The molecule has 1 heterocycles. The van der Waals surface area contributed by atoms with Gasteiger partial charge in [-0.15, -0.1) is 5.10 Å². The van der Waals surface area contributed by atoms with E-state index in [9.17, 15) is 9.18 Å². The summed E-state index contributed by atoms with van der Waals surface area (Å²) in [5, 5.41) is 10.2. The highest BCUT2D eigenvalue weighted by molar-refractivity contribution is 9.10. The number of nitrogens with two attached hydrogens (primary N) is 1. The zero-order valence-electron chi connectivity index (χ0n) is 10.7. The van der Waals surface area contributed by atoms with E-state index in [0.29, 0.717) is 15.9 Å². The average molecular weight is 342 g/mol. The van der Waals surface area contributed by atoms with E-state index in [2.05, 4.69) is 31.6 Å². The van der Waals surface area contributed by atoms with Crippen LogP contribution in [-0.2, 0) is 17.9 Å². The van der Waals surface area contributed by atoms with Crippen LogP contribution in [0.1, 0.15) is 11.3 Å². The highest BCUT2D eigenvalue weighted by Crippen LogP contribution is 2.23. The Kier molecular flexibility index (Phi) is 4.46. The molecular weight excluding hydrogens is 329 g/mol. The van der Waals surface area contributed by atoms with Crippen LogP contribution in [0, 0.1) is 12.7 Å². The zero-order valence-corrected chi connectivity index (χ0v) is 12.3. The van der Waals surface area contributed by atoms with Crippen LogP contribution >= 0.6 is 15.9 Å². The quantitative estimate of drug-likeness (QED) is 0.884. The van der Waals surface area contributed by atoms with Gasteiger partial charge in [-0.05, 0) is 40.5 Å². The molecule has 1 amide bonds. The molecule has 0 aliphatic rings. The number of halogens is 2.